The van der Waals surface area contributed by atoms with E-state index < -0.39 is 0 Å². The monoisotopic (exact) mass is 306 g/mol. The highest BCUT2D eigenvalue weighted by atomic mass is 79.9. The summed E-state index contributed by atoms with van der Waals surface area (Å²) in [6, 6.07) is 3.58. The van der Waals surface area contributed by atoms with E-state index in [1.165, 1.54) is 6.92 Å². The number of carbonyl (C=O) groups excluding carboxylic acids is 1. The van der Waals surface area contributed by atoms with Gasteiger partial charge in [0.25, 0.3) is 0 Å². The number of Topliss-reactive ketones (excluding diaryl/α,β-unsaturated/α-hetero) is 1. The average molecular weight is 308 g/mol. The van der Waals surface area contributed by atoms with Crippen LogP contribution in [-0.2, 0) is 0 Å². The Labute approximate surface area is 93.5 Å². The van der Waals surface area contributed by atoms with Crippen molar-refractivity contribution in [2.24, 2.45) is 0 Å². The minimum atomic E-state index is -0.00218. The Balaban J connectivity index is 3.38. The Hall–Kier alpha value is -0.350. The van der Waals surface area contributed by atoms with Crippen molar-refractivity contribution in [3.8, 4) is 5.75 Å². The molecule has 0 aliphatic heterocycles. The Morgan fingerprint density at radius 3 is 2.46 bits per heavy atom. The average Bonchev–Trinajstić information content (AvgIpc) is 2.04. The van der Waals surface area contributed by atoms with Crippen LogP contribution in [0.15, 0.2) is 21.1 Å². The molecule has 0 atom stereocenters. The topological polar surface area (TPSA) is 26.3 Å². The van der Waals surface area contributed by atoms with Crippen LogP contribution in [0.4, 0.5) is 0 Å². The van der Waals surface area contributed by atoms with Crippen LogP contribution in [0.5, 0.6) is 5.75 Å². The van der Waals surface area contributed by atoms with E-state index >= 15 is 0 Å². The number of hydrogen-bond donors (Lipinski definition) is 0. The van der Waals surface area contributed by atoms with Gasteiger partial charge in [0.2, 0.25) is 0 Å². The van der Waals surface area contributed by atoms with Gasteiger partial charge in [0.05, 0.1) is 11.6 Å². The third kappa shape index (κ3) is 2.11. The lowest BCUT2D eigenvalue weighted by Gasteiger charge is -2.08. The van der Waals surface area contributed by atoms with Crippen molar-refractivity contribution >= 4 is 37.6 Å². The highest BCUT2D eigenvalue weighted by molar-refractivity contribution is 9.11. The van der Waals surface area contributed by atoms with Gasteiger partial charge < -0.3 is 4.74 Å². The molecule has 0 aromatic heterocycles. The molecule has 0 N–H and O–H groups in total. The lowest BCUT2D eigenvalue weighted by atomic mass is 10.1. The van der Waals surface area contributed by atoms with E-state index in [2.05, 4.69) is 31.9 Å². The summed E-state index contributed by atoms with van der Waals surface area (Å²) in [7, 11) is 1.57. The van der Waals surface area contributed by atoms with Crippen molar-refractivity contribution in [1.82, 2.24) is 0 Å². The van der Waals surface area contributed by atoms with Gasteiger partial charge in [-0.2, -0.15) is 0 Å². The van der Waals surface area contributed by atoms with Crippen LogP contribution >= 0.6 is 31.9 Å². The van der Waals surface area contributed by atoms with Crippen molar-refractivity contribution in [3.63, 3.8) is 0 Å². The Morgan fingerprint density at radius 2 is 2.00 bits per heavy atom. The molecule has 70 valence electrons. The van der Waals surface area contributed by atoms with Crippen LogP contribution in [0.1, 0.15) is 17.3 Å². The summed E-state index contributed by atoms with van der Waals surface area (Å²) in [5, 5.41) is 0. The molecule has 0 radical (unpaired) electrons. The summed E-state index contributed by atoms with van der Waals surface area (Å²) in [4.78, 5) is 11.2. The lowest BCUT2D eigenvalue weighted by molar-refractivity contribution is 0.101. The minimum Gasteiger partial charge on any atom is -0.496 e. The Morgan fingerprint density at radius 1 is 1.38 bits per heavy atom. The molecule has 0 amide bonds. The van der Waals surface area contributed by atoms with Crippen molar-refractivity contribution in [1.29, 1.82) is 0 Å². The molecular weight excluding hydrogens is 300 g/mol. The van der Waals surface area contributed by atoms with Crippen LogP contribution in [0.25, 0.3) is 0 Å². The fraction of sp³-hybridized carbons (Fsp3) is 0.222. The van der Waals surface area contributed by atoms with E-state index in [9.17, 15) is 4.79 Å². The van der Waals surface area contributed by atoms with Crippen LogP contribution in [-0.4, -0.2) is 12.9 Å². The number of methoxy groups -OCH3 is 1. The first-order valence-electron chi connectivity index (χ1n) is 3.61. The molecule has 4 heteroatoms. The van der Waals surface area contributed by atoms with Crippen molar-refractivity contribution < 1.29 is 9.53 Å². The molecule has 0 aliphatic rings. The molecular formula is C9H8Br2O2. The van der Waals surface area contributed by atoms with Gasteiger partial charge in [-0.3, -0.25) is 4.79 Å². The summed E-state index contributed by atoms with van der Waals surface area (Å²) in [5.74, 6) is 0.658. The van der Waals surface area contributed by atoms with Gasteiger partial charge in [0, 0.05) is 10.0 Å². The highest BCUT2D eigenvalue weighted by Crippen LogP contribution is 2.33. The third-order valence-corrected chi connectivity index (χ3v) is 3.08. The highest BCUT2D eigenvalue weighted by Gasteiger charge is 2.13. The van der Waals surface area contributed by atoms with Gasteiger partial charge in [-0.25, -0.2) is 0 Å². The van der Waals surface area contributed by atoms with Crippen molar-refractivity contribution in [2.45, 2.75) is 6.92 Å². The predicted molar refractivity (Wildman–Crippen MR) is 58.4 cm³/mol. The second-order valence-electron chi connectivity index (χ2n) is 2.49. The molecule has 0 spiro atoms. The van der Waals surface area contributed by atoms with Gasteiger partial charge in [-0.05, 0) is 35.0 Å². The molecule has 1 aromatic rings. The first kappa shape index (κ1) is 10.7. The van der Waals surface area contributed by atoms with E-state index in [0.29, 0.717) is 15.8 Å². The molecule has 1 aromatic carbocycles. The molecule has 13 heavy (non-hydrogen) atoms. The summed E-state index contributed by atoms with van der Waals surface area (Å²) in [6.45, 7) is 1.52. The van der Waals surface area contributed by atoms with E-state index in [0.717, 1.165) is 4.47 Å². The largest absolute Gasteiger partial charge is 0.496 e. The van der Waals surface area contributed by atoms with E-state index in [-0.39, 0.29) is 5.78 Å². The summed E-state index contributed by atoms with van der Waals surface area (Å²) in [5.41, 5.74) is 0.611. The summed E-state index contributed by atoms with van der Waals surface area (Å²) < 4.78 is 6.53. The zero-order valence-electron chi connectivity index (χ0n) is 7.23. The molecule has 0 unspecified atom stereocenters. The van der Waals surface area contributed by atoms with Crippen LogP contribution in [0, 0.1) is 0 Å². The number of hydrogen-bond acceptors (Lipinski definition) is 2. The fourth-order valence-corrected chi connectivity index (χ4v) is 2.68. The third-order valence-electron chi connectivity index (χ3n) is 1.63. The second kappa shape index (κ2) is 4.24. The minimum absolute atomic E-state index is 0.00218. The quantitative estimate of drug-likeness (QED) is 0.783. The number of rotatable bonds is 2. The first-order valence-corrected chi connectivity index (χ1v) is 5.19. The van der Waals surface area contributed by atoms with Gasteiger partial charge in [-0.15, -0.1) is 0 Å². The van der Waals surface area contributed by atoms with Gasteiger partial charge in [-0.1, -0.05) is 15.9 Å². The smallest absolute Gasteiger partial charge is 0.162 e. The molecule has 2 nitrogen and oxygen atoms in total. The molecule has 0 heterocycles. The molecule has 1 rings (SSSR count). The van der Waals surface area contributed by atoms with Crippen molar-refractivity contribution in [2.75, 3.05) is 7.11 Å². The van der Waals surface area contributed by atoms with E-state index in [4.69, 9.17) is 4.74 Å². The Bertz CT molecular complexity index is 348. The maximum atomic E-state index is 11.2. The van der Waals surface area contributed by atoms with Crippen LogP contribution in [0.3, 0.4) is 0 Å². The van der Waals surface area contributed by atoms with Gasteiger partial charge in [0.15, 0.2) is 5.78 Å². The molecule has 0 saturated carbocycles. The molecule has 0 fully saturated rings. The Kier molecular flexibility index (Phi) is 3.50. The number of carbonyl (C=O) groups is 1. The number of benzene rings is 1. The zero-order chi connectivity index (χ0) is 10.0. The lowest BCUT2D eigenvalue weighted by Crippen LogP contribution is -1.97. The molecule has 0 bridgehead atoms. The first-order chi connectivity index (χ1) is 6.07. The summed E-state index contributed by atoms with van der Waals surface area (Å²) >= 11 is 6.62. The van der Waals surface area contributed by atoms with Gasteiger partial charge >= 0.3 is 0 Å². The molecule has 0 aliphatic carbocycles. The summed E-state index contributed by atoms with van der Waals surface area (Å²) in [6.07, 6.45) is 0. The maximum Gasteiger partial charge on any atom is 0.162 e. The van der Waals surface area contributed by atoms with E-state index in [1.807, 2.05) is 0 Å². The predicted octanol–water partition coefficient (Wildman–Crippen LogP) is 3.42. The van der Waals surface area contributed by atoms with Gasteiger partial charge in [0.1, 0.15) is 5.75 Å². The molecule has 0 saturated heterocycles. The van der Waals surface area contributed by atoms with E-state index in [1.54, 1.807) is 19.2 Å². The number of ketones is 1. The maximum absolute atomic E-state index is 11.2. The normalized spacial score (nSPS) is 9.85. The number of ether oxygens (including phenoxy) is 1. The second-order valence-corrected chi connectivity index (χ2v) is 4.14. The standard InChI is InChI=1S/C9H8Br2O2/c1-5(12)8-6(10)3-4-7(13-2)9(8)11/h3-4H,1-2H3. The zero-order valence-corrected chi connectivity index (χ0v) is 10.4. The van der Waals surface area contributed by atoms with Crippen LogP contribution < -0.4 is 4.74 Å². The van der Waals surface area contributed by atoms with Crippen molar-refractivity contribution in [3.05, 3.63) is 26.6 Å². The van der Waals surface area contributed by atoms with Crippen LogP contribution in [0.2, 0.25) is 0 Å². The number of halogens is 2. The fourth-order valence-electron chi connectivity index (χ4n) is 1.01. The SMILES string of the molecule is COc1ccc(Br)c(C(C)=O)c1Br.